The van der Waals surface area contributed by atoms with E-state index < -0.39 is 30.1 Å². The number of aliphatic carboxylic acids is 1. The van der Waals surface area contributed by atoms with Gasteiger partial charge in [-0.2, -0.15) is 0 Å². The van der Waals surface area contributed by atoms with Crippen molar-refractivity contribution in [2.75, 3.05) is 6.54 Å². The van der Waals surface area contributed by atoms with E-state index in [9.17, 15) is 19.5 Å². The molecule has 0 bridgehead atoms. The van der Waals surface area contributed by atoms with Crippen LogP contribution < -0.4 is 16.0 Å². The maximum absolute atomic E-state index is 12.4. The fraction of sp³-hybridized carbons (Fsp3) is 0.800. The Morgan fingerprint density at radius 1 is 1.22 bits per heavy atom. The van der Waals surface area contributed by atoms with E-state index in [1.165, 1.54) is 6.92 Å². The second-order valence-corrected chi connectivity index (χ2v) is 6.09. The number of carboxylic acid groups (broad SMARTS) is 1. The molecular formula is C15H27N3O5. The first-order valence-corrected chi connectivity index (χ1v) is 8.02. The lowest BCUT2D eigenvalue weighted by Crippen LogP contribution is -2.58. The zero-order chi connectivity index (χ0) is 17.6. The first kappa shape index (κ1) is 19.4. The van der Waals surface area contributed by atoms with E-state index in [0.29, 0.717) is 12.8 Å². The molecule has 1 heterocycles. The van der Waals surface area contributed by atoms with Crippen molar-refractivity contribution in [3.63, 3.8) is 0 Å². The van der Waals surface area contributed by atoms with Crippen molar-refractivity contribution in [1.29, 1.82) is 0 Å². The summed E-state index contributed by atoms with van der Waals surface area (Å²) < 4.78 is 0. The number of rotatable bonds is 8. The van der Waals surface area contributed by atoms with Crippen LogP contribution in [0.2, 0.25) is 0 Å². The van der Waals surface area contributed by atoms with Crippen molar-refractivity contribution < 1.29 is 24.6 Å². The molecule has 0 aromatic rings. The first-order chi connectivity index (χ1) is 10.8. The predicted octanol–water partition coefficient (Wildman–Crippen LogP) is -0.780. The number of hydrogen-bond acceptors (Lipinski definition) is 5. The Morgan fingerprint density at radius 2 is 1.87 bits per heavy atom. The lowest BCUT2D eigenvalue weighted by atomic mass is 9.97. The third kappa shape index (κ3) is 5.47. The second-order valence-electron chi connectivity index (χ2n) is 6.09. The van der Waals surface area contributed by atoms with Crippen LogP contribution in [0.3, 0.4) is 0 Å². The van der Waals surface area contributed by atoms with Gasteiger partial charge in [-0.25, -0.2) is 4.79 Å². The van der Waals surface area contributed by atoms with Crippen LogP contribution in [-0.2, 0) is 14.4 Å². The highest BCUT2D eigenvalue weighted by Crippen LogP contribution is 2.11. The monoisotopic (exact) mass is 329 g/mol. The number of aliphatic hydroxyl groups excluding tert-OH is 1. The van der Waals surface area contributed by atoms with Gasteiger partial charge in [0.1, 0.15) is 6.04 Å². The molecule has 1 aliphatic heterocycles. The van der Waals surface area contributed by atoms with Crippen LogP contribution in [0.4, 0.5) is 0 Å². The highest BCUT2D eigenvalue weighted by molar-refractivity contribution is 5.92. The molecular weight excluding hydrogens is 302 g/mol. The number of amides is 2. The second kappa shape index (κ2) is 8.83. The summed E-state index contributed by atoms with van der Waals surface area (Å²) >= 11 is 0. The molecule has 0 spiro atoms. The zero-order valence-electron chi connectivity index (χ0n) is 13.8. The Bertz CT molecular complexity index is 435. The number of nitrogens with one attached hydrogen (secondary N) is 3. The van der Waals surface area contributed by atoms with Crippen molar-refractivity contribution in [2.24, 2.45) is 5.92 Å². The van der Waals surface area contributed by atoms with E-state index in [1.807, 2.05) is 13.8 Å². The van der Waals surface area contributed by atoms with Crippen molar-refractivity contribution in [2.45, 2.75) is 64.3 Å². The molecule has 23 heavy (non-hydrogen) atoms. The first-order valence-electron chi connectivity index (χ1n) is 8.02. The van der Waals surface area contributed by atoms with Crippen LogP contribution in [0, 0.1) is 5.92 Å². The van der Waals surface area contributed by atoms with Gasteiger partial charge in [-0.05, 0) is 32.2 Å². The Kier molecular flexibility index (Phi) is 7.44. The molecule has 132 valence electrons. The molecule has 0 aromatic carbocycles. The predicted molar refractivity (Wildman–Crippen MR) is 83.7 cm³/mol. The minimum Gasteiger partial charge on any atom is -0.480 e. The van der Waals surface area contributed by atoms with Gasteiger partial charge in [0, 0.05) is 0 Å². The van der Waals surface area contributed by atoms with E-state index in [4.69, 9.17) is 5.11 Å². The minimum atomic E-state index is -1.41. The highest BCUT2D eigenvalue weighted by Gasteiger charge is 2.33. The van der Waals surface area contributed by atoms with Gasteiger partial charge in [0.15, 0.2) is 6.04 Å². The van der Waals surface area contributed by atoms with Crippen LogP contribution >= 0.6 is 0 Å². The SMILES string of the molecule is CCC(C)C(NC(=O)C1CCCN1)C(=O)NC(C(=O)O)C(C)O. The van der Waals surface area contributed by atoms with E-state index >= 15 is 0 Å². The molecule has 1 saturated heterocycles. The van der Waals surface area contributed by atoms with Gasteiger partial charge in [0.05, 0.1) is 12.1 Å². The lowest BCUT2D eigenvalue weighted by molar-refractivity contribution is -0.145. The average molecular weight is 329 g/mol. The number of carbonyl (C=O) groups excluding carboxylic acids is 2. The molecule has 1 rings (SSSR count). The summed E-state index contributed by atoms with van der Waals surface area (Å²) in [6, 6.07) is -2.56. The molecule has 0 saturated carbocycles. The summed E-state index contributed by atoms with van der Waals surface area (Å²) in [6.45, 7) is 5.75. The van der Waals surface area contributed by atoms with E-state index in [0.717, 1.165) is 13.0 Å². The molecule has 2 amide bonds. The topological polar surface area (TPSA) is 128 Å². The van der Waals surface area contributed by atoms with Gasteiger partial charge in [-0.3, -0.25) is 9.59 Å². The highest BCUT2D eigenvalue weighted by atomic mass is 16.4. The van der Waals surface area contributed by atoms with Gasteiger partial charge in [-0.1, -0.05) is 20.3 Å². The molecule has 8 nitrogen and oxygen atoms in total. The Labute approximate surface area is 136 Å². The lowest BCUT2D eigenvalue weighted by Gasteiger charge is -2.27. The van der Waals surface area contributed by atoms with Gasteiger partial charge in [0.2, 0.25) is 11.8 Å². The standard InChI is InChI=1S/C15H27N3O5/c1-4-8(2)11(17-13(20)10-6-5-7-16-10)14(21)18-12(9(3)19)15(22)23/h8-12,16,19H,4-7H2,1-3H3,(H,17,20)(H,18,21)(H,22,23). The van der Waals surface area contributed by atoms with Crippen LogP contribution in [-0.4, -0.2) is 58.8 Å². The van der Waals surface area contributed by atoms with E-state index in [1.54, 1.807) is 0 Å². The summed E-state index contributed by atoms with van der Waals surface area (Å²) in [5, 5.41) is 26.6. The number of hydrogen-bond donors (Lipinski definition) is 5. The van der Waals surface area contributed by atoms with Crippen LogP contribution in [0.1, 0.15) is 40.0 Å². The molecule has 1 aliphatic rings. The van der Waals surface area contributed by atoms with Gasteiger partial charge in [0.25, 0.3) is 0 Å². The molecule has 5 N–H and O–H groups in total. The zero-order valence-corrected chi connectivity index (χ0v) is 13.8. The molecule has 5 unspecified atom stereocenters. The molecule has 8 heteroatoms. The fourth-order valence-electron chi connectivity index (χ4n) is 2.50. The minimum absolute atomic E-state index is 0.163. The van der Waals surface area contributed by atoms with Gasteiger partial charge in [-0.15, -0.1) is 0 Å². The molecule has 0 radical (unpaired) electrons. The van der Waals surface area contributed by atoms with Gasteiger partial charge < -0.3 is 26.2 Å². The summed E-state index contributed by atoms with van der Waals surface area (Å²) in [4.78, 5) is 35.7. The third-order valence-corrected chi connectivity index (χ3v) is 4.22. The number of carbonyl (C=O) groups is 3. The normalized spacial score (nSPS) is 22.7. The van der Waals surface area contributed by atoms with E-state index in [-0.39, 0.29) is 17.9 Å². The smallest absolute Gasteiger partial charge is 0.328 e. The third-order valence-electron chi connectivity index (χ3n) is 4.22. The Balaban J connectivity index is 2.77. The van der Waals surface area contributed by atoms with Crippen LogP contribution in [0.15, 0.2) is 0 Å². The number of carboxylic acids is 1. The van der Waals surface area contributed by atoms with Crippen LogP contribution in [0.25, 0.3) is 0 Å². The maximum atomic E-state index is 12.4. The Hall–Kier alpha value is -1.67. The summed E-state index contributed by atoms with van der Waals surface area (Å²) in [5.74, 6) is -2.34. The number of aliphatic hydroxyl groups is 1. The Morgan fingerprint density at radius 3 is 2.30 bits per heavy atom. The molecule has 1 fully saturated rings. The summed E-state index contributed by atoms with van der Waals surface area (Å²) in [7, 11) is 0. The molecule has 0 aromatic heterocycles. The van der Waals surface area contributed by atoms with Crippen molar-refractivity contribution in [1.82, 2.24) is 16.0 Å². The molecule has 5 atom stereocenters. The summed E-state index contributed by atoms with van der Waals surface area (Å²) in [5.41, 5.74) is 0. The average Bonchev–Trinajstić information content (AvgIpc) is 3.02. The maximum Gasteiger partial charge on any atom is 0.328 e. The van der Waals surface area contributed by atoms with Crippen molar-refractivity contribution in [3.8, 4) is 0 Å². The van der Waals surface area contributed by atoms with Crippen LogP contribution in [0.5, 0.6) is 0 Å². The quantitative estimate of drug-likeness (QED) is 0.397. The van der Waals surface area contributed by atoms with E-state index in [2.05, 4.69) is 16.0 Å². The largest absolute Gasteiger partial charge is 0.480 e. The summed E-state index contributed by atoms with van der Waals surface area (Å²) in [6.07, 6.45) is 1.03. The fourth-order valence-corrected chi connectivity index (χ4v) is 2.50. The van der Waals surface area contributed by atoms with Crippen molar-refractivity contribution in [3.05, 3.63) is 0 Å². The van der Waals surface area contributed by atoms with Crippen molar-refractivity contribution >= 4 is 17.8 Å². The van der Waals surface area contributed by atoms with Gasteiger partial charge >= 0.3 is 5.97 Å². The molecule has 0 aliphatic carbocycles.